The second-order valence-corrected chi connectivity index (χ2v) is 10.1. The van der Waals surface area contributed by atoms with Crippen LogP contribution in [0.1, 0.15) is 26.3 Å². The fourth-order valence-corrected chi connectivity index (χ4v) is 4.48. The highest BCUT2D eigenvalue weighted by Gasteiger charge is 2.31. The summed E-state index contributed by atoms with van der Waals surface area (Å²) in [5, 5.41) is 3.10. The van der Waals surface area contributed by atoms with Gasteiger partial charge in [-0.1, -0.05) is 11.6 Å². The number of alkyl halides is 3. The maximum atomic E-state index is 13.5. The van der Waals surface area contributed by atoms with Gasteiger partial charge in [-0.3, -0.25) is 4.79 Å². The Kier molecular flexibility index (Phi) is 7.96. The van der Waals surface area contributed by atoms with Gasteiger partial charge in [-0.2, -0.15) is 13.2 Å². The second kappa shape index (κ2) is 10.4. The zero-order valence-corrected chi connectivity index (χ0v) is 21.0. The Balaban J connectivity index is 2.09. The lowest BCUT2D eigenvalue weighted by Crippen LogP contribution is -2.33. The van der Waals surface area contributed by atoms with E-state index in [4.69, 9.17) is 21.1 Å². The van der Waals surface area contributed by atoms with Crippen LogP contribution in [-0.2, 0) is 10.9 Å². The maximum Gasteiger partial charge on any atom is 0.416 e. The number of hydrogen-bond acceptors (Lipinski definition) is 5. The molecule has 11 heteroatoms. The molecule has 0 aliphatic rings. The van der Waals surface area contributed by atoms with Gasteiger partial charge >= 0.3 is 12.3 Å². The summed E-state index contributed by atoms with van der Waals surface area (Å²) in [6.45, 7) is 5.35. The number of alkyl carbamates (subject to hydrolysis) is 1. The number of carbonyl (C=O) groups excluding carboxylic acids is 1. The zero-order valence-electron chi connectivity index (χ0n) is 19.4. The quantitative estimate of drug-likeness (QED) is 0.282. The normalized spacial score (nSPS) is 12.0. The van der Waals surface area contributed by atoms with Crippen molar-refractivity contribution in [1.29, 1.82) is 0 Å². The molecular formula is C24H24ClF3N2O4S. The first kappa shape index (κ1) is 26.7. The Bertz CT molecular complexity index is 1300. The minimum absolute atomic E-state index is 0.159. The minimum atomic E-state index is -4.58. The van der Waals surface area contributed by atoms with E-state index in [1.165, 1.54) is 19.2 Å². The van der Waals surface area contributed by atoms with E-state index in [9.17, 15) is 22.8 Å². The van der Waals surface area contributed by atoms with Gasteiger partial charge in [0.15, 0.2) is 0 Å². The number of hydrogen-bond donors (Lipinski definition) is 2. The summed E-state index contributed by atoms with van der Waals surface area (Å²) in [7, 11) is 1.42. The average Bonchev–Trinajstić information content (AvgIpc) is 2.74. The first-order valence-corrected chi connectivity index (χ1v) is 11.9. The number of carbonyl (C=O) groups is 1. The lowest BCUT2D eigenvalue weighted by atomic mass is 9.98. The molecule has 1 aromatic heterocycles. The molecule has 0 bridgehead atoms. The SMILES string of the molecule is COc1ccc(Cl)cc1-c1c(SCCNC(=O)OC(C)(C)C)c(=O)[nH]c2ccc(C(F)(F)F)cc12. The van der Waals surface area contributed by atoms with E-state index in [0.29, 0.717) is 16.3 Å². The highest BCUT2D eigenvalue weighted by molar-refractivity contribution is 7.99. The molecule has 1 amide bonds. The van der Waals surface area contributed by atoms with E-state index in [1.807, 2.05) is 0 Å². The molecule has 0 atom stereocenters. The molecule has 3 aromatic rings. The third-order valence-corrected chi connectivity index (χ3v) is 6.07. The topological polar surface area (TPSA) is 80.4 Å². The predicted octanol–water partition coefficient (Wildman–Crippen LogP) is 6.49. The van der Waals surface area contributed by atoms with Gasteiger partial charge in [0.2, 0.25) is 0 Å². The van der Waals surface area contributed by atoms with E-state index >= 15 is 0 Å². The maximum absolute atomic E-state index is 13.5. The van der Waals surface area contributed by atoms with E-state index in [0.717, 1.165) is 23.9 Å². The zero-order chi connectivity index (χ0) is 26.0. The number of ether oxygens (including phenoxy) is 2. The highest BCUT2D eigenvalue weighted by atomic mass is 35.5. The Morgan fingerprint density at radius 2 is 1.86 bits per heavy atom. The number of methoxy groups -OCH3 is 1. The molecule has 0 fully saturated rings. The molecular weight excluding hydrogens is 505 g/mol. The molecule has 0 unspecified atom stereocenters. The molecule has 2 N–H and O–H groups in total. The van der Waals surface area contributed by atoms with Crippen LogP contribution >= 0.6 is 23.4 Å². The number of nitrogens with one attached hydrogen (secondary N) is 2. The first-order chi connectivity index (χ1) is 16.3. The van der Waals surface area contributed by atoms with Crippen molar-refractivity contribution < 1.29 is 27.4 Å². The number of aromatic nitrogens is 1. The Labute approximate surface area is 209 Å². The van der Waals surface area contributed by atoms with E-state index in [1.54, 1.807) is 32.9 Å². The Morgan fingerprint density at radius 3 is 2.49 bits per heavy atom. The molecule has 0 radical (unpaired) electrons. The van der Waals surface area contributed by atoms with Crippen molar-refractivity contribution in [3.8, 4) is 16.9 Å². The number of halogens is 4. The van der Waals surface area contributed by atoms with Crippen molar-refractivity contribution in [2.45, 2.75) is 37.4 Å². The van der Waals surface area contributed by atoms with Gasteiger partial charge in [0.1, 0.15) is 11.4 Å². The summed E-state index contributed by atoms with van der Waals surface area (Å²) < 4.78 is 51.1. The number of thioether (sulfide) groups is 1. The molecule has 0 aliphatic carbocycles. The van der Waals surface area contributed by atoms with Crippen molar-refractivity contribution in [3.63, 3.8) is 0 Å². The fourth-order valence-electron chi connectivity index (χ4n) is 3.35. The van der Waals surface area contributed by atoms with Crippen LogP contribution in [-0.4, -0.2) is 36.1 Å². The summed E-state index contributed by atoms with van der Waals surface area (Å²) in [6.07, 6.45) is -5.19. The first-order valence-electron chi connectivity index (χ1n) is 10.5. The molecule has 0 spiro atoms. The van der Waals surface area contributed by atoms with Gasteiger partial charge in [0, 0.05) is 39.4 Å². The lowest BCUT2D eigenvalue weighted by Gasteiger charge is -2.20. The summed E-state index contributed by atoms with van der Waals surface area (Å²) in [6, 6.07) is 7.82. The molecule has 0 saturated carbocycles. The number of rotatable bonds is 6. The summed E-state index contributed by atoms with van der Waals surface area (Å²) >= 11 is 7.28. The Hall–Kier alpha value is -2.85. The van der Waals surface area contributed by atoms with E-state index < -0.39 is 29.0 Å². The highest BCUT2D eigenvalue weighted by Crippen LogP contribution is 2.42. The molecule has 0 aliphatic heterocycles. The van der Waals surface area contributed by atoms with Gasteiger partial charge in [-0.25, -0.2) is 4.79 Å². The largest absolute Gasteiger partial charge is 0.496 e. The number of fused-ring (bicyclic) bond motifs is 1. The molecule has 2 aromatic carbocycles. The number of aromatic amines is 1. The summed E-state index contributed by atoms with van der Waals surface area (Å²) in [5.41, 5.74) is -1.15. The van der Waals surface area contributed by atoms with Crippen LogP contribution < -0.4 is 15.6 Å². The average molecular weight is 529 g/mol. The fraction of sp³-hybridized carbons (Fsp3) is 0.333. The van der Waals surface area contributed by atoms with E-state index in [-0.39, 0.29) is 33.7 Å². The van der Waals surface area contributed by atoms with Crippen LogP contribution in [0.4, 0.5) is 18.0 Å². The molecule has 3 rings (SSSR count). The van der Waals surface area contributed by atoms with Gasteiger partial charge in [-0.05, 0) is 57.2 Å². The van der Waals surface area contributed by atoms with Crippen LogP contribution in [0.5, 0.6) is 5.75 Å². The smallest absolute Gasteiger partial charge is 0.416 e. The van der Waals surface area contributed by atoms with Crippen LogP contribution in [0.15, 0.2) is 46.1 Å². The lowest BCUT2D eigenvalue weighted by molar-refractivity contribution is -0.137. The van der Waals surface area contributed by atoms with Crippen LogP contribution in [0.25, 0.3) is 22.0 Å². The molecule has 188 valence electrons. The minimum Gasteiger partial charge on any atom is -0.496 e. The standard InChI is InChI=1S/C24H24ClF3N2O4S/c1-23(2,3)34-22(32)29-9-10-35-20-19(16-12-14(25)6-8-18(16)33-4)15-11-13(24(26,27)28)5-7-17(15)30-21(20)31/h5-8,11-12H,9-10H2,1-4H3,(H,29,32)(H,30,31). The number of benzene rings is 2. The van der Waals surface area contributed by atoms with Crippen LogP contribution in [0, 0.1) is 0 Å². The van der Waals surface area contributed by atoms with Crippen LogP contribution in [0.2, 0.25) is 5.02 Å². The van der Waals surface area contributed by atoms with E-state index in [2.05, 4.69) is 10.3 Å². The summed E-state index contributed by atoms with van der Waals surface area (Å²) in [4.78, 5) is 27.7. The van der Waals surface area contributed by atoms with Gasteiger partial charge in [-0.15, -0.1) is 11.8 Å². The third-order valence-electron chi connectivity index (χ3n) is 4.75. The molecule has 1 heterocycles. The molecule has 35 heavy (non-hydrogen) atoms. The second-order valence-electron chi connectivity index (χ2n) is 8.54. The summed E-state index contributed by atoms with van der Waals surface area (Å²) in [5.74, 6) is 0.593. The molecule has 0 saturated heterocycles. The number of H-pyrrole nitrogens is 1. The van der Waals surface area contributed by atoms with Crippen molar-refractivity contribution in [2.75, 3.05) is 19.4 Å². The molecule has 6 nitrogen and oxygen atoms in total. The third kappa shape index (κ3) is 6.64. The monoisotopic (exact) mass is 528 g/mol. The van der Waals surface area contributed by atoms with Crippen LogP contribution in [0.3, 0.4) is 0 Å². The predicted molar refractivity (Wildman–Crippen MR) is 132 cm³/mol. The number of pyridine rings is 1. The number of amides is 1. The van der Waals surface area contributed by atoms with Gasteiger partial charge < -0.3 is 19.8 Å². The van der Waals surface area contributed by atoms with Crippen molar-refractivity contribution in [2.24, 2.45) is 0 Å². The van der Waals surface area contributed by atoms with Crippen molar-refractivity contribution in [3.05, 3.63) is 57.3 Å². The Morgan fingerprint density at radius 1 is 1.14 bits per heavy atom. The van der Waals surface area contributed by atoms with Gasteiger partial charge in [0.25, 0.3) is 5.56 Å². The van der Waals surface area contributed by atoms with Crippen molar-refractivity contribution in [1.82, 2.24) is 10.3 Å². The van der Waals surface area contributed by atoms with Crippen molar-refractivity contribution >= 4 is 40.4 Å². The van der Waals surface area contributed by atoms with Gasteiger partial charge in [0.05, 0.1) is 17.6 Å².